The summed E-state index contributed by atoms with van der Waals surface area (Å²) in [6, 6.07) is 5.05. The topological polar surface area (TPSA) is 107 Å². The summed E-state index contributed by atoms with van der Waals surface area (Å²) < 4.78 is 22.5. The normalized spacial score (nSPS) is 18.4. The molecule has 0 aliphatic carbocycles. The summed E-state index contributed by atoms with van der Waals surface area (Å²) in [4.78, 5) is 29.5. The Morgan fingerprint density at radius 3 is 2.84 bits per heavy atom. The van der Waals surface area contributed by atoms with Gasteiger partial charge in [-0.3, -0.25) is 14.6 Å². The molecule has 1 aliphatic rings. The number of hydrogen-bond acceptors (Lipinski definition) is 9. The van der Waals surface area contributed by atoms with Crippen LogP contribution in [0.25, 0.3) is 0 Å². The van der Waals surface area contributed by atoms with E-state index in [0.717, 1.165) is 24.1 Å². The van der Waals surface area contributed by atoms with Crippen LogP contribution in [0, 0.1) is 6.92 Å². The number of aromatic nitrogens is 1. The first-order chi connectivity index (χ1) is 17.7. The molecule has 202 valence electrons. The Bertz CT molecular complexity index is 1070. The van der Waals surface area contributed by atoms with Gasteiger partial charge in [-0.05, 0) is 51.3 Å². The van der Waals surface area contributed by atoms with Gasteiger partial charge in [0.05, 0.1) is 35.8 Å². The Morgan fingerprint density at radius 2 is 2.11 bits per heavy atom. The molecule has 0 bridgehead atoms. The number of carbonyl (C=O) groups is 2. The number of carbonyl (C=O) groups excluding carboxylic acids is 2. The third-order valence-electron chi connectivity index (χ3n) is 5.97. The van der Waals surface area contributed by atoms with E-state index in [1.807, 2.05) is 13.0 Å². The first kappa shape index (κ1) is 28.8. The molecule has 2 atom stereocenters. The molecule has 2 heterocycles. The van der Waals surface area contributed by atoms with E-state index < -0.39 is 11.9 Å². The van der Waals surface area contributed by atoms with Crippen LogP contribution in [0.2, 0.25) is 5.02 Å². The molecule has 3 rings (SSSR count). The molecule has 37 heavy (non-hydrogen) atoms. The summed E-state index contributed by atoms with van der Waals surface area (Å²) in [6.07, 6.45) is 4.83. The van der Waals surface area contributed by atoms with Crippen LogP contribution in [0.1, 0.15) is 54.6 Å². The van der Waals surface area contributed by atoms with E-state index in [-0.39, 0.29) is 24.0 Å². The highest BCUT2D eigenvalue weighted by Crippen LogP contribution is 2.33. The maximum Gasteiger partial charge on any atom is 0.308 e. The Hall–Kier alpha value is -2.72. The molecule has 1 fully saturated rings. The average molecular weight is 535 g/mol. The van der Waals surface area contributed by atoms with Gasteiger partial charge in [0, 0.05) is 43.7 Å². The minimum absolute atomic E-state index is 0.00987. The lowest BCUT2D eigenvalue weighted by molar-refractivity contribution is -0.148. The van der Waals surface area contributed by atoms with E-state index in [4.69, 9.17) is 30.5 Å². The van der Waals surface area contributed by atoms with E-state index in [2.05, 4.69) is 9.88 Å². The van der Waals surface area contributed by atoms with Gasteiger partial charge in [-0.1, -0.05) is 11.6 Å². The zero-order valence-electron chi connectivity index (χ0n) is 21.6. The van der Waals surface area contributed by atoms with Crippen molar-refractivity contribution in [3.05, 3.63) is 52.3 Å². The second-order valence-corrected chi connectivity index (χ2v) is 9.65. The lowest BCUT2D eigenvalue weighted by atomic mass is 9.99. The Morgan fingerprint density at radius 1 is 1.30 bits per heavy atom. The molecule has 10 heteroatoms. The molecular weight excluding hydrogens is 500 g/mol. The largest absolute Gasteiger partial charge is 0.488 e. The van der Waals surface area contributed by atoms with E-state index >= 15 is 0 Å². The molecule has 9 nitrogen and oxygen atoms in total. The lowest BCUT2D eigenvalue weighted by Crippen LogP contribution is -2.36. The number of aldehydes is 1. The molecule has 0 spiro atoms. The number of hydrogen-bond donors (Lipinski definition) is 1. The monoisotopic (exact) mass is 534 g/mol. The predicted octanol–water partition coefficient (Wildman–Crippen LogP) is 3.96. The summed E-state index contributed by atoms with van der Waals surface area (Å²) in [5, 5.41) is 10.9. The van der Waals surface area contributed by atoms with Crippen molar-refractivity contribution in [3.8, 4) is 11.5 Å². The fraction of sp³-hybridized carbons (Fsp3) is 0.519. The van der Waals surface area contributed by atoms with Crippen molar-refractivity contribution in [2.45, 2.75) is 58.5 Å². The highest BCUT2D eigenvalue weighted by molar-refractivity contribution is 6.32. The van der Waals surface area contributed by atoms with Gasteiger partial charge in [-0.15, -0.1) is 0 Å². The quantitative estimate of drug-likeness (QED) is 0.167. The summed E-state index contributed by atoms with van der Waals surface area (Å²) >= 11 is 6.32. The Kier molecular flexibility index (Phi) is 10.7. The summed E-state index contributed by atoms with van der Waals surface area (Å²) in [5.41, 5.74) is 1.17. The number of halogens is 1. The number of ether oxygens (including phenoxy) is 4. The highest BCUT2D eigenvalue weighted by atomic mass is 35.5. The zero-order valence-corrected chi connectivity index (χ0v) is 22.3. The van der Waals surface area contributed by atoms with Crippen molar-refractivity contribution in [3.63, 3.8) is 0 Å². The van der Waals surface area contributed by atoms with Crippen LogP contribution < -0.4 is 9.47 Å². The van der Waals surface area contributed by atoms with Gasteiger partial charge in [-0.2, -0.15) is 0 Å². The van der Waals surface area contributed by atoms with Gasteiger partial charge in [0.15, 0.2) is 12.6 Å². The van der Waals surface area contributed by atoms with Crippen LogP contribution in [0.3, 0.4) is 0 Å². The van der Waals surface area contributed by atoms with Crippen LogP contribution in [0.15, 0.2) is 30.6 Å². The third kappa shape index (κ3) is 8.96. The standard InChI is InChI=1S/C27H35ClN2O7/c1-4-34-26(32)13-27(33)6-8-30(18-27)7-5-9-35-20(3)37-25-12-24(22(16-31)11-23(25)28)36-17-21-10-19(2)14-29-15-21/h10-12,14-16,20,33H,4-9,13,17-18H2,1-3H3. The molecular formula is C27H35ClN2O7. The summed E-state index contributed by atoms with van der Waals surface area (Å²) in [7, 11) is 0. The van der Waals surface area contributed by atoms with Crippen LogP contribution in [-0.2, 0) is 20.9 Å². The molecule has 0 amide bonds. The summed E-state index contributed by atoms with van der Waals surface area (Å²) in [5.74, 6) is 0.329. The van der Waals surface area contributed by atoms with E-state index in [9.17, 15) is 14.7 Å². The Balaban J connectivity index is 1.46. The van der Waals surface area contributed by atoms with Gasteiger partial charge >= 0.3 is 5.97 Å². The van der Waals surface area contributed by atoms with E-state index in [1.54, 1.807) is 32.3 Å². The molecule has 0 saturated carbocycles. The second kappa shape index (κ2) is 13.7. The zero-order chi connectivity index (χ0) is 26.8. The van der Waals surface area contributed by atoms with Crippen LogP contribution >= 0.6 is 11.6 Å². The van der Waals surface area contributed by atoms with Gasteiger partial charge in [0.25, 0.3) is 0 Å². The number of likely N-dealkylation sites (tertiary alicyclic amines) is 1. The predicted molar refractivity (Wildman–Crippen MR) is 138 cm³/mol. The lowest BCUT2D eigenvalue weighted by Gasteiger charge is -2.22. The Labute approximate surface area is 222 Å². The third-order valence-corrected chi connectivity index (χ3v) is 6.27. The van der Waals surface area contributed by atoms with Gasteiger partial charge in [-0.25, -0.2) is 0 Å². The molecule has 1 N–H and O–H groups in total. The number of aryl methyl sites for hydroxylation is 1. The fourth-order valence-corrected chi connectivity index (χ4v) is 4.44. The highest BCUT2D eigenvalue weighted by Gasteiger charge is 2.38. The number of benzene rings is 1. The molecule has 1 aliphatic heterocycles. The van der Waals surface area contributed by atoms with Crippen molar-refractivity contribution in [2.24, 2.45) is 0 Å². The SMILES string of the molecule is CCOC(=O)CC1(O)CCN(CCCOC(C)Oc2cc(OCc3cncc(C)c3)c(C=O)cc2Cl)C1. The van der Waals surface area contributed by atoms with Crippen molar-refractivity contribution >= 4 is 23.9 Å². The van der Waals surface area contributed by atoms with E-state index in [1.165, 1.54) is 6.07 Å². The molecule has 2 aromatic rings. The maximum absolute atomic E-state index is 11.7. The number of nitrogens with zero attached hydrogens (tertiary/aromatic N) is 2. The van der Waals surface area contributed by atoms with Gasteiger partial charge in [0.2, 0.25) is 0 Å². The molecule has 1 aromatic heterocycles. The fourth-order valence-electron chi connectivity index (χ4n) is 4.22. The van der Waals surface area contributed by atoms with E-state index in [0.29, 0.717) is 56.1 Å². The van der Waals surface area contributed by atoms with Gasteiger partial charge < -0.3 is 29.0 Å². The smallest absolute Gasteiger partial charge is 0.308 e. The first-order valence-corrected chi connectivity index (χ1v) is 12.8. The first-order valence-electron chi connectivity index (χ1n) is 12.4. The number of rotatable bonds is 14. The maximum atomic E-state index is 11.7. The average Bonchev–Trinajstić information content (AvgIpc) is 3.22. The van der Waals surface area contributed by atoms with Crippen molar-refractivity contribution in [1.29, 1.82) is 0 Å². The molecule has 2 unspecified atom stereocenters. The minimum atomic E-state index is -1.04. The number of aliphatic hydroxyl groups is 1. The van der Waals surface area contributed by atoms with Crippen LogP contribution in [-0.4, -0.2) is 72.0 Å². The molecule has 1 saturated heterocycles. The van der Waals surface area contributed by atoms with Crippen LogP contribution in [0.4, 0.5) is 0 Å². The van der Waals surface area contributed by atoms with Crippen molar-refractivity contribution in [2.75, 3.05) is 32.8 Å². The van der Waals surface area contributed by atoms with Crippen molar-refractivity contribution < 1.29 is 33.6 Å². The minimum Gasteiger partial charge on any atom is -0.488 e. The summed E-state index contributed by atoms with van der Waals surface area (Å²) in [6.45, 7) is 8.30. The number of pyridine rings is 1. The van der Waals surface area contributed by atoms with Crippen LogP contribution in [0.5, 0.6) is 11.5 Å². The number of esters is 1. The molecule has 1 aromatic carbocycles. The van der Waals surface area contributed by atoms with Gasteiger partial charge in [0.1, 0.15) is 18.1 Å². The molecule has 0 radical (unpaired) electrons. The second-order valence-electron chi connectivity index (χ2n) is 9.24. The van der Waals surface area contributed by atoms with Crippen molar-refractivity contribution in [1.82, 2.24) is 9.88 Å². The number of β-amino-alcohol motifs (C(OH)–C–C–N with tert-alkyl or cyclic N) is 1.